The van der Waals surface area contributed by atoms with Crippen molar-refractivity contribution in [1.29, 1.82) is 0 Å². The van der Waals surface area contributed by atoms with Crippen molar-refractivity contribution in [3.05, 3.63) is 62.9 Å². The van der Waals surface area contributed by atoms with Crippen LogP contribution in [-0.2, 0) is 0 Å². The molecule has 0 radical (unpaired) electrons. The van der Waals surface area contributed by atoms with E-state index in [1.807, 2.05) is 0 Å². The molecular formula is C12H6Cl3NO. The number of halogens is 3. The van der Waals surface area contributed by atoms with Crippen molar-refractivity contribution in [2.45, 2.75) is 0 Å². The Morgan fingerprint density at radius 3 is 2.47 bits per heavy atom. The fourth-order valence-electron chi connectivity index (χ4n) is 1.38. The highest BCUT2D eigenvalue weighted by atomic mass is 35.5. The zero-order chi connectivity index (χ0) is 12.4. The molecule has 0 spiro atoms. The van der Waals surface area contributed by atoms with E-state index in [0.717, 1.165) is 0 Å². The van der Waals surface area contributed by atoms with E-state index >= 15 is 0 Å². The van der Waals surface area contributed by atoms with Crippen LogP contribution < -0.4 is 0 Å². The standard InChI is InChI=1S/C12H6Cl3NO/c13-9-3-1-2-8(11(9)15)12(17)7-4-5-16-6-10(7)14/h1-6H. The first-order valence-electron chi connectivity index (χ1n) is 4.69. The fourth-order valence-corrected chi connectivity index (χ4v) is 1.98. The Bertz CT molecular complexity index is 584. The molecule has 0 bridgehead atoms. The van der Waals surface area contributed by atoms with Crippen LogP contribution in [0, 0.1) is 0 Å². The molecule has 17 heavy (non-hydrogen) atoms. The van der Waals surface area contributed by atoms with E-state index in [1.165, 1.54) is 12.4 Å². The summed E-state index contributed by atoms with van der Waals surface area (Å²) in [6.07, 6.45) is 2.91. The Kier molecular flexibility index (Phi) is 3.67. The van der Waals surface area contributed by atoms with Gasteiger partial charge < -0.3 is 0 Å². The Morgan fingerprint density at radius 2 is 1.76 bits per heavy atom. The molecule has 86 valence electrons. The molecule has 0 saturated carbocycles. The molecule has 1 aromatic carbocycles. The molecule has 0 N–H and O–H groups in total. The Balaban J connectivity index is 2.52. The number of hydrogen-bond donors (Lipinski definition) is 0. The summed E-state index contributed by atoms with van der Waals surface area (Å²) in [6, 6.07) is 6.43. The highest BCUT2D eigenvalue weighted by molar-refractivity contribution is 6.45. The maximum absolute atomic E-state index is 12.2. The number of ketones is 1. The van der Waals surface area contributed by atoms with Crippen LogP contribution >= 0.6 is 34.8 Å². The molecule has 1 aromatic heterocycles. The number of carbonyl (C=O) groups excluding carboxylic acids is 1. The highest BCUT2D eigenvalue weighted by Crippen LogP contribution is 2.28. The summed E-state index contributed by atoms with van der Waals surface area (Å²) in [6.45, 7) is 0. The van der Waals surface area contributed by atoms with Gasteiger partial charge in [-0.3, -0.25) is 9.78 Å². The second-order valence-corrected chi connectivity index (χ2v) is 4.48. The quantitative estimate of drug-likeness (QED) is 0.772. The molecule has 0 fully saturated rings. The van der Waals surface area contributed by atoms with Gasteiger partial charge in [-0.05, 0) is 18.2 Å². The zero-order valence-electron chi connectivity index (χ0n) is 8.45. The van der Waals surface area contributed by atoms with Gasteiger partial charge in [-0.2, -0.15) is 0 Å². The third kappa shape index (κ3) is 2.44. The van der Waals surface area contributed by atoms with Gasteiger partial charge in [0, 0.05) is 23.5 Å². The molecule has 0 aliphatic rings. The van der Waals surface area contributed by atoms with Crippen molar-refractivity contribution in [3.63, 3.8) is 0 Å². The third-order valence-electron chi connectivity index (χ3n) is 2.21. The van der Waals surface area contributed by atoms with Crippen molar-refractivity contribution in [3.8, 4) is 0 Å². The molecule has 2 rings (SSSR count). The second kappa shape index (κ2) is 5.05. The second-order valence-electron chi connectivity index (χ2n) is 3.29. The Hall–Kier alpha value is -1.09. The topological polar surface area (TPSA) is 30.0 Å². The number of carbonyl (C=O) groups is 1. The van der Waals surface area contributed by atoms with E-state index in [2.05, 4.69) is 4.98 Å². The van der Waals surface area contributed by atoms with Crippen LogP contribution in [0.1, 0.15) is 15.9 Å². The molecule has 2 nitrogen and oxygen atoms in total. The summed E-state index contributed by atoms with van der Waals surface area (Å²) in [5.41, 5.74) is 0.679. The highest BCUT2D eigenvalue weighted by Gasteiger charge is 2.16. The smallest absolute Gasteiger partial charge is 0.196 e. The number of rotatable bonds is 2. The van der Waals surface area contributed by atoms with Crippen LogP contribution in [0.2, 0.25) is 15.1 Å². The molecule has 5 heteroatoms. The van der Waals surface area contributed by atoms with E-state index in [-0.39, 0.29) is 15.8 Å². The number of nitrogens with zero attached hydrogens (tertiary/aromatic N) is 1. The van der Waals surface area contributed by atoms with Crippen molar-refractivity contribution < 1.29 is 4.79 Å². The predicted octanol–water partition coefficient (Wildman–Crippen LogP) is 4.27. The lowest BCUT2D eigenvalue weighted by Gasteiger charge is -2.05. The number of pyridine rings is 1. The van der Waals surface area contributed by atoms with Crippen LogP contribution in [0.25, 0.3) is 0 Å². The minimum atomic E-state index is -0.273. The van der Waals surface area contributed by atoms with Gasteiger partial charge in [-0.15, -0.1) is 0 Å². The van der Waals surface area contributed by atoms with Crippen LogP contribution in [0.3, 0.4) is 0 Å². The predicted molar refractivity (Wildman–Crippen MR) is 69.1 cm³/mol. The minimum Gasteiger partial charge on any atom is -0.288 e. The first kappa shape index (κ1) is 12.4. The van der Waals surface area contributed by atoms with E-state index in [4.69, 9.17) is 34.8 Å². The molecule has 0 aliphatic heterocycles. The normalized spacial score (nSPS) is 10.3. The van der Waals surface area contributed by atoms with Gasteiger partial charge in [-0.1, -0.05) is 40.9 Å². The molecule has 0 aliphatic carbocycles. The van der Waals surface area contributed by atoms with Crippen molar-refractivity contribution in [1.82, 2.24) is 4.98 Å². The summed E-state index contributed by atoms with van der Waals surface area (Å²) in [7, 11) is 0. The summed E-state index contributed by atoms with van der Waals surface area (Å²) in [5, 5.41) is 0.850. The van der Waals surface area contributed by atoms with Gasteiger partial charge in [0.2, 0.25) is 0 Å². The maximum Gasteiger partial charge on any atom is 0.196 e. The summed E-state index contributed by atoms with van der Waals surface area (Å²) >= 11 is 17.7. The van der Waals surface area contributed by atoms with Gasteiger partial charge in [0.1, 0.15) is 0 Å². The lowest BCUT2D eigenvalue weighted by molar-refractivity contribution is 0.103. The number of aromatic nitrogens is 1. The summed E-state index contributed by atoms with van der Waals surface area (Å²) < 4.78 is 0. The molecule has 0 unspecified atom stereocenters. The average Bonchev–Trinajstić information content (AvgIpc) is 2.32. The van der Waals surface area contributed by atoms with Gasteiger partial charge in [0.15, 0.2) is 5.78 Å². The van der Waals surface area contributed by atoms with Crippen molar-refractivity contribution in [2.75, 3.05) is 0 Å². The van der Waals surface area contributed by atoms with Crippen LogP contribution in [0.15, 0.2) is 36.7 Å². The first-order valence-corrected chi connectivity index (χ1v) is 5.83. The Labute approximate surface area is 113 Å². The molecule has 1 heterocycles. The lowest BCUT2D eigenvalue weighted by Crippen LogP contribution is -2.03. The number of benzene rings is 1. The van der Waals surface area contributed by atoms with Crippen LogP contribution in [0.5, 0.6) is 0 Å². The Morgan fingerprint density at radius 1 is 1.00 bits per heavy atom. The van der Waals surface area contributed by atoms with Crippen molar-refractivity contribution in [2.24, 2.45) is 0 Å². The van der Waals surface area contributed by atoms with E-state index in [0.29, 0.717) is 16.1 Å². The molecule has 2 aromatic rings. The van der Waals surface area contributed by atoms with Gasteiger partial charge in [0.05, 0.1) is 15.1 Å². The van der Waals surface area contributed by atoms with Gasteiger partial charge >= 0.3 is 0 Å². The van der Waals surface area contributed by atoms with E-state index in [1.54, 1.807) is 24.3 Å². The average molecular weight is 287 g/mol. The van der Waals surface area contributed by atoms with Crippen LogP contribution in [-0.4, -0.2) is 10.8 Å². The summed E-state index contributed by atoms with van der Waals surface area (Å²) in [4.78, 5) is 16.0. The number of hydrogen-bond acceptors (Lipinski definition) is 2. The SMILES string of the molecule is O=C(c1ccncc1Cl)c1cccc(Cl)c1Cl. The maximum atomic E-state index is 12.2. The van der Waals surface area contributed by atoms with Crippen molar-refractivity contribution >= 4 is 40.6 Å². The molecule has 0 amide bonds. The van der Waals surface area contributed by atoms with Gasteiger partial charge in [0.25, 0.3) is 0 Å². The lowest BCUT2D eigenvalue weighted by atomic mass is 10.0. The molecule has 0 atom stereocenters. The minimum absolute atomic E-state index is 0.229. The fraction of sp³-hybridized carbons (Fsp3) is 0. The zero-order valence-corrected chi connectivity index (χ0v) is 10.7. The summed E-state index contributed by atoms with van der Waals surface area (Å²) in [5.74, 6) is -0.273. The largest absolute Gasteiger partial charge is 0.288 e. The van der Waals surface area contributed by atoms with Gasteiger partial charge in [-0.25, -0.2) is 0 Å². The monoisotopic (exact) mass is 285 g/mol. The first-order chi connectivity index (χ1) is 8.11. The van der Waals surface area contributed by atoms with E-state index < -0.39 is 0 Å². The molecule has 0 saturated heterocycles. The third-order valence-corrected chi connectivity index (χ3v) is 3.33. The van der Waals surface area contributed by atoms with E-state index in [9.17, 15) is 4.79 Å². The molecular weight excluding hydrogens is 280 g/mol. The van der Waals surface area contributed by atoms with Crippen LogP contribution in [0.4, 0.5) is 0 Å².